The van der Waals surface area contributed by atoms with Crippen LogP contribution in [0.1, 0.15) is 81.4 Å². The van der Waals surface area contributed by atoms with E-state index in [0.717, 1.165) is 80.3 Å². The van der Waals surface area contributed by atoms with Crippen LogP contribution in [0.4, 0.5) is 0 Å². The highest BCUT2D eigenvalue weighted by Crippen LogP contribution is 2.52. The lowest BCUT2D eigenvalue weighted by atomic mass is 9.57. The van der Waals surface area contributed by atoms with Crippen molar-refractivity contribution in [3.63, 3.8) is 0 Å². The highest BCUT2D eigenvalue weighted by molar-refractivity contribution is 5.80. The predicted molar refractivity (Wildman–Crippen MR) is 141 cm³/mol. The topological polar surface area (TPSA) is 71.5 Å². The van der Waals surface area contributed by atoms with Crippen molar-refractivity contribution in [2.75, 3.05) is 0 Å². The Kier molecular flexibility index (Phi) is 6.20. The largest absolute Gasteiger partial charge is 0.490 e. The van der Waals surface area contributed by atoms with Gasteiger partial charge in [-0.1, -0.05) is 36.4 Å². The van der Waals surface area contributed by atoms with Crippen molar-refractivity contribution in [1.29, 1.82) is 0 Å². The van der Waals surface area contributed by atoms with E-state index >= 15 is 0 Å². The van der Waals surface area contributed by atoms with Crippen LogP contribution in [0.15, 0.2) is 60.7 Å². The van der Waals surface area contributed by atoms with Crippen molar-refractivity contribution in [2.24, 2.45) is 5.41 Å². The molecule has 7 rings (SSSR count). The van der Waals surface area contributed by atoms with Gasteiger partial charge in [-0.05, 0) is 100.0 Å². The van der Waals surface area contributed by atoms with Crippen LogP contribution in [0.25, 0.3) is 10.9 Å². The molecule has 0 aliphatic heterocycles. The summed E-state index contributed by atoms with van der Waals surface area (Å²) < 4.78 is 6.38. The van der Waals surface area contributed by atoms with Gasteiger partial charge in [0.15, 0.2) is 0 Å². The number of rotatable bonds is 7. The Labute approximate surface area is 213 Å². The number of fused-ring (bicyclic) bond motifs is 4. The zero-order chi connectivity index (χ0) is 24.6. The van der Waals surface area contributed by atoms with Gasteiger partial charge in [0, 0.05) is 17.5 Å². The summed E-state index contributed by atoms with van der Waals surface area (Å²) in [4.78, 5) is 16.6. The van der Waals surface area contributed by atoms with E-state index in [0.29, 0.717) is 5.92 Å². The van der Waals surface area contributed by atoms with E-state index in [2.05, 4.69) is 66.0 Å². The van der Waals surface area contributed by atoms with E-state index in [4.69, 9.17) is 9.72 Å². The van der Waals surface area contributed by atoms with E-state index in [1.54, 1.807) is 0 Å². The smallest absolute Gasteiger partial charge is 0.309 e. The number of hydrogen-bond donors (Lipinski definition) is 2. The highest BCUT2D eigenvalue weighted by atomic mass is 16.5. The summed E-state index contributed by atoms with van der Waals surface area (Å²) >= 11 is 0. The Bertz CT molecular complexity index is 1210. The van der Waals surface area contributed by atoms with Gasteiger partial charge in [-0.15, -0.1) is 0 Å². The van der Waals surface area contributed by atoms with Gasteiger partial charge in [-0.3, -0.25) is 9.78 Å². The van der Waals surface area contributed by atoms with Crippen molar-refractivity contribution in [3.8, 4) is 5.75 Å². The summed E-state index contributed by atoms with van der Waals surface area (Å²) in [6, 6.07) is 21.4. The van der Waals surface area contributed by atoms with E-state index in [9.17, 15) is 9.90 Å². The van der Waals surface area contributed by atoms with E-state index in [1.807, 2.05) is 0 Å². The maximum Gasteiger partial charge on any atom is 0.309 e. The molecule has 2 bridgehead atoms. The standard InChI is InChI=1S/C31H36N2O3/c34-29(35)30-14-17-31(18-15-30,19-16-30)32-21-25-9-6-24-20-27(12-13-28(24)33-25)36-26-10-7-23(8-11-26)22-4-2-1-3-5-22/h1-6,9,12-13,20,23,26,32H,7-8,10-11,14-19,21H2,(H,34,35)/t23-,26-,30?,31?. The molecular formula is C31H36N2O3. The third kappa shape index (κ3) is 4.61. The van der Waals surface area contributed by atoms with Crippen LogP contribution in [-0.4, -0.2) is 27.7 Å². The number of hydrogen-bond acceptors (Lipinski definition) is 4. The van der Waals surface area contributed by atoms with E-state index in [-0.39, 0.29) is 11.6 Å². The zero-order valence-corrected chi connectivity index (χ0v) is 20.9. The minimum atomic E-state index is -0.602. The van der Waals surface area contributed by atoms with E-state index < -0.39 is 11.4 Å². The molecule has 1 aromatic heterocycles. The number of nitrogens with one attached hydrogen (secondary N) is 1. The quantitative estimate of drug-likeness (QED) is 0.395. The number of carbonyl (C=O) groups is 1. The van der Waals surface area contributed by atoms with Gasteiger partial charge in [0.05, 0.1) is 22.7 Å². The lowest BCUT2D eigenvalue weighted by Gasteiger charge is -2.51. The maximum absolute atomic E-state index is 11.7. The summed E-state index contributed by atoms with van der Waals surface area (Å²) in [6.07, 6.45) is 10.0. The average Bonchev–Trinajstić information content (AvgIpc) is 2.94. The first-order valence-electron chi connectivity index (χ1n) is 13.6. The number of benzene rings is 2. The van der Waals surface area contributed by atoms with Crippen LogP contribution in [0, 0.1) is 5.41 Å². The molecule has 4 aliphatic rings. The van der Waals surface area contributed by atoms with Crippen molar-refractivity contribution in [1.82, 2.24) is 10.3 Å². The lowest BCUT2D eigenvalue weighted by Crippen LogP contribution is -2.56. The molecule has 2 N–H and O–H groups in total. The Morgan fingerprint density at radius 1 is 0.917 bits per heavy atom. The molecule has 0 saturated heterocycles. The molecule has 36 heavy (non-hydrogen) atoms. The fourth-order valence-electron chi connectivity index (χ4n) is 6.80. The minimum absolute atomic E-state index is 0.0745. The van der Waals surface area contributed by atoms with Gasteiger partial charge >= 0.3 is 5.97 Å². The molecule has 188 valence electrons. The number of aliphatic carboxylic acids is 1. The minimum Gasteiger partial charge on any atom is -0.490 e. The van der Waals surface area contributed by atoms with Crippen LogP contribution in [-0.2, 0) is 11.3 Å². The van der Waals surface area contributed by atoms with Gasteiger partial charge in [0.1, 0.15) is 5.75 Å². The molecule has 0 unspecified atom stereocenters. The Balaban J connectivity index is 1.04. The van der Waals surface area contributed by atoms with Gasteiger partial charge in [-0.2, -0.15) is 0 Å². The Morgan fingerprint density at radius 2 is 1.64 bits per heavy atom. The summed E-state index contributed by atoms with van der Waals surface area (Å²) in [6.45, 7) is 0.721. The third-order valence-corrected chi connectivity index (χ3v) is 9.31. The van der Waals surface area contributed by atoms with Crippen LogP contribution < -0.4 is 10.1 Å². The van der Waals surface area contributed by atoms with Gasteiger partial charge in [0.25, 0.3) is 0 Å². The number of ether oxygens (including phenoxy) is 1. The molecule has 5 heteroatoms. The number of nitrogens with zero attached hydrogens (tertiary/aromatic N) is 1. The van der Waals surface area contributed by atoms with Crippen molar-refractivity contribution >= 4 is 16.9 Å². The van der Waals surface area contributed by atoms with Crippen LogP contribution in [0.2, 0.25) is 0 Å². The molecule has 4 saturated carbocycles. The first-order chi connectivity index (χ1) is 17.5. The van der Waals surface area contributed by atoms with Gasteiger partial charge < -0.3 is 15.2 Å². The molecule has 4 aliphatic carbocycles. The summed E-state index contributed by atoms with van der Waals surface area (Å²) in [7, 11) is 0. The molecule has 4 fully saturated rings. The van der Waals surface area contributed by atoms with E-state index in [1.165, 1.54) is 18.4 Å². The van der Waals surface area contributed by atoms with Gasteiger partial charge in [-0.25, -0.2) is 0 Å². The van der Waals surface area contributed by atoms with Gasteiger partial charge in [0.2, 0.25) is 0 Å². The number of pyridine rings is 1. The van der Waals surface area contributed by atoms with Crippen molar-refractivity contribution < 1.29 is 14.6 Å². The number of carboxylic acid groups (broad SMARTS) is 1. The lowest BCUT2D eigenvalue weighted by molar-refractivity contribution is -0.156. The fraction of sp³-hybridized carbons (Fsp3) is 0.484. The molecule has 2 aromatic carbocycles. The van der Waals surface area contributed by atoms with Crippen LogP contribution in [0.3, 0.4) is 0 Å². The third-order valence-electron chi connectivity index (χ3n) is 9.31. The molecule has 0 radical (unpaired) electrons. The molecule has 3 aromatic rings. The molecule has 0 amide bonds. The summed E-state index contributed by atoms with van der Waals surface area (Å²) in [5.74, 6) is 0.985. The molecule has 0 atom stereocenters. The maximum atomic E-state index is 11.7. The molecule has 5 nitrogen and oxygen atoms in total. The van der Waals surface area contributed by atoms with Crippen molar-refractivity contribution in [2.45, 2.75) is 88.3 Å². The number of carboxylic acids is 1. The Hall–Kier alpha value is -2.92. The Morgan fingerprint density at radius 3 is 2.33 bits per heavy atom. The SMILES string of the molecule is O=C(O)C12CCC(NCc3ccc4cc(O[C@H]5CC[C@H](c6ccccc6)CC5)ccc4n3)(CC1)CC2. The molecule has 0 spiro atoms. The second-order valence-electron chi connectivity index (χ2n) is 11.4. The fourth-order valence-corrected chi connectivity index (χ4v) is 6.80. The second kappa shape index (κ2) is 9.51. The van der Waals surface area contributed by atoms with Crippen molar-refractivity contribution in [3.05, 3.63) is 71.9 Å². The summed E-state index contributed by atoms with van der Waals surface area (Å²) in [5.41, 5.74) is 3.09. The zero-order valence-electron chi connectivity index (χ0n) is 20.9. The van der Waals surface area contributed by atoms with Crippen LogP contribution >= 0.6 is 0 Å². The number of aromatic nitrogens is 1. The first kappa shape index (κ1) is 23.5. The molecular weight excluding hydrogens is 448 g/mol. The average molecular weight is 485 g/mol. The molecule has 1 heterocycles. The highest BCUT2D eigenvalue weighted by Gasteiger charge is 2.52. The first-order valence-corrected chi connectivity index (χ1v) is 13.6. The monoisotopic (exact) mass is 484 g/mol. The predicted octanol–water partition coefficient (Wildman–Crippen LogP) is 6.61. The summed E-state index contributed by atoms with van der Waals surface area (Å²) in [5, 5.41) is 14.5. The van der Waals surface area contributed by atoms with Crippen LogP contribution in [0.5, 0.6) is 5.75 Å². The normalized spacial score (nSPS) is 29.8. The second-order valence-corrected chi connectivity index (χ2v) is 11.4.